The quantitative estimate of drug-likeness (QED) is 0.373. The first-order valence-corrected chi connectivity index (χ1v) is 13.9. The van der Waals surface area contributed by atoms with Gasteiger partial charge in [0, 0.05) is 47.6 Å². The molecule has 194 valence electrons. The van der Waals surface area contributed by atoms with Gasteiger partial charge in [0.15, 0.2) is 5.13 Å². The Morgan fingerprint density at radius 3 is 2.65 bits per heavy atom. The molecule has 2 fully saturated rings. The highest BCUT2D eigenvalue weighted by atomic mass is 35.5. The Balaban J connectivity index is 1.11. The SMILES string of the molecule is CCCCOC(=O)N1CC2(CCN(c3ccc(C(=O)Nc4nc(-c5ccccc5Cl)cs4)nc3)CC2)C1. The summed E-state index contributed by atoms with van der Waals surface area (Å²) in [5.41, 5.74) is 3.08. The molecule has 4 heterocycles. The van der Waals surface area contributed by atoms with Gasteiger partial charge < -0.3 is 14.5 Å². The lowest BCUT2D eigenvalue weighted by molar-refractivity contribution is -0.0180. The molecule has 10 heteroatoms. The Labute approximate surface area is 225 Å². The second-order valence-corrected chi connectivity index (χ2v) is 10.9. The van der Waals surface area contributed by atoms with E-state index in [1.54, 1.807) is 12.3 Å². The molecule has 0 radical (unpaired) electrons. The van der Waals surface area contributed by atoms with Crippen molar-refractivity contribution in [3.63, 3.8) is 0 Å². The predicted molar refractivity (Wildman–Crippen MR) is 146 cm³/mol. The van der Waals surface area contributed by atoms with Crippen LogP contribution in [0.3, 0.4) is 0 Å². The number of rotatable bonds is 7. The number of carbonyl (C=O) groups is 2. The van der Waals surface area contributed by atoms with E-state index in [4.69, 9.17) is 16.3 Å². The fourth-order valence-corrected chi connectivity index (χ4v) is 5.77. The van der Waals surface area contributed by atoms with Gasteiger partial charge in [-0.3, -0.25) is 10.1 Å². The average molecular weight is 540 g/mol. The lowest BCUT2D eigenvalue weighted by atomic mass is 9.72. The van der Waals surface area contributed by atoms with Crippen LogP contribution in [-0.4, -0.2) is 59.7 Å². The minimum atomic E-state index is -0.301. The van der Waals surface area contributed by atoms with Gasteiger partial charge in [-0.2, -0.15) is 0 Å². The van der Waals surface area contributed by atoms with Crippen LogP contribution in [-0.2, 0) is 4.74 Å². The van der Waals surface area contributed by atoms with Crippen LogP contribution in [0.15, 0.2) is 48.0 Å². The normalized spacial score (nSPS) is 16.4. The molecule has 1 spiro atoms. The van der Waals surface area contributed by atoms with Crippen molar-refractivity contribution in [3.05, 3.63) is 58.7 Å². The minimum Gasteiger partial charge on any atom is -0.449 e. The molecule has 2 aromatic heterocycles. The number of carbonyl (C=O) groups excluding carboxylic acids is 2. The third kappa shape index (κ3) is 5.72. The summed E-state index contributed by atoms with van der Waals surface area (Å²) in [4.78, 5) is 37.9. The molecule has 3 aromatic rings. The zero-order valence-electron chi connectivity index (χ0n) is 20.8. The predicted octanol–water partition coefficient (Wildman–Crippen LogP) is 5.95. The smallest absolute Gasteiger partial charge is 0.409 e. The van der Waals surface area contributed by atoms with Crippen LogP contribution in [0.25, 0.3) is 11.3 Å². The summed E-state index contributed by atoms with van der Waals surface area (Å²) < 4.78 is 5.33. The van der Waals surface area contributed by atoms with E-state index in [1.807, 2.05) is 40.6 Å². The summed E-state index contributed by atoms with van der Waals surface area (Å²) in [5.74, 6) is -0.301. The van der Waals surface area contributed by atoms with Crippen LogP contribution in [0.5, 0.6) is 0 Å². The standard InChI is InChI=1S/C27H30ClN5O3S/c1-2-3-14-36-26(35)33-17-27(18-33)10-12-32(13-11-27)19-8-9-22(29-15-19)24(34)31-25-30-23(16-37-25)20-6-4-5-7-21(20)28/h4-9,15-16H,2-3,10-14,17-18H2,1H3,(H,30,31,34). The molecule has 1 N–H and O–H groups in total. The molecule has 0 aliphatic carbocycles. The van der Waals surface area contributed by atoms with Gasteiger partial charge in [0.1, 0.15) is 5.69 Å². The third-order valence-corrected chi connectivity index (χ3v) is 8.17. The zero-order valence-corrected chi connectivity index (χ0v) is 22.4. The number of hydrogen-bond acceptors (Lipinski definition) is 7. The molecule has 1 aromatic carbocycles. The van der Waals surface area contributed by atoms with Crippen LogP contribution < -0.4 is 10.2 Å². The number of amides is 2. The maximum atomic E-state index is 12.7. The first-order chi connectivity index (χ1) is 18.0. The third-order valence-electron chi connectivity index (χ3n) is 7.08. The zero-order chi connectivity index (χ0) is 25.8. The van der Waals surface area contributed by atoms with Crippen molar-refractivity contribution in [2.75, 3.05) is 43.0 Å². The Bertz CT molecular complexity index is 1250. The number of aromatic nitrogens is 2. The van der Waals surface area contributed by atoms with E-state index in [0.717, 1.165) is 68.8 Å². The van der Waals surface area contributed by atoms with Crippen molar-refractivity contribution >= 4 is 45.8 Å². The maximum Gasteiger partial charge on any atom is 0.409 e. The number of unbranched alkanes of at least 4 members (excludes halogenated alkanes) is 1. The lowest BCUT2D eigenvalue weighted by Gasteiger charge is -2.53. The number of halogens is 1. The van der Waals surface area contributed by atoms with Crippen molar-refractivity contribution < 1.29 is 14.3 Å². The van der Waals surface area contributed by atoms with E-state index < -0.39 is 0 Å². The van der Waals surface area contributed by atoms with Crippen LogP contribution in [0.1, 0.15) is 43.1 Å². The summed E-state index contributed by atoms with van der Waals surface area (Å²) in [6.07, 6.45) is 5.53. The van der Waals surface area contributed by atoms with Crippen molar-refractivity contribution in [2.45, 2.75) is 32.6 Å². The Morgan fingerprint density at radius 1 is 1.16 bits per heavy atom. The van der Waals surface area contributed by atoms with Gasteiger partial charge in [-0.15, -0.1) is 11.3 Å². The van der Waals surface area contributed by atoms with Crippen LogP contribution in [0.2, 0.25) is 5.02 Å². The largest absolute Gasteiger partial charge is 0.449 e. The first kappa shape index (κ1) is 25.5. The van der Waals surface area contributed by atoms with Crippen molar-refractivity contribution in [1.82, 2.24) is 14.9 Å². The highest BCUT2D eigenvalue weighted by Crippen LogP contribution is 2.41. The molecule has 0 saturated carbocycles. The number of pyridine rings is 1. The highest BCUT2D eigenvalue weighted by Gasteiger charge is 2.47. The maximum absolute atomic E-state index is 12.7. The number of thiazole rings is 1. The molecule has 5 rings (SSSR count). The Morgan fingerprint density at radius 2 is 1.95 bits per heavy atom. The van der Waals surface area contributed by atoms with Gasteiger partial charge in [0.05, 0.1) is 24.2 Å². The van der Waals surface area contributed by atoms with Gasteiger partial charge in [0.25, 0.3) is 5.91 Å². The van der Waals surface area contributed by atoms with Crippen molar-refractivity contribution in [3.8, 4) is 11.3 Å². The van der Waals surface area contributed by atoms with Gasteiger partial charge in [-0.25, -0.2) is 14.8 Å². The van der Waals surface area contributed by atoms with Crippen molar-refractivity contribution in [1.29, 1.82) is 0 Å². The second-order valence-electron chi connectivity index (χ2n) is 9.68. The topological polar surface area (TPSA) is 87.7 Å². The van der Waals surface area contributed by atoms with Gasteiger partial charge in [-0.05, 0) is 37.5 Å². The molecule has 2 saturated heterocycles. The molecule has 37 heavy (non-hydrogen) atoms. The molecular formula is C27H30ClN5O3S. The monoisotopic (exact) mass is 539 g/mol. The minimum absolute atomic E-state index is 0.183. The summed E-state index contributed by atoms with van der Waals surface area (Å²) in [7, 11) is 0. The van der Waals surface area contributed by atoms with E-state index in [9.17, 15) is 9.59 Å². The summed E-state index contributed by atoms with van der Waals surface area (Å²) in [6.45, 7) is 5.93. The molecule has 0 bridgehead atoms. The lowest BCUT2D eigenvalue weighted by Crippen LogP contribution is -2.62. The van der Waals surface area contributed by atoms with E-state index in [1.165, 1.54) is 11.3 Å². The molecule has 2 amide bonds. The number of nitrogens with one attached hydrogen (secondary N) is 1. The molecular weight excluding hydrogens is 510 g/mol. The molecule has 0 unspecified atom stereocenters. The van der Waals surface area contributed by atoms with Gasteiger partial charge in [-0.1, -0.05) is 43.1 Å². The number of anilines is 2. The van der Waals surface area contributed by atoms with Crippen LogP contribution in [0, 0.1) is 5.41 Å². The van der Waals surface area contributed by atoms with Gasteiger partial charge >= 0.3 is 6.09 Å². The second kappa shape index (κ2) is 11.1. The Kier molecular flexibility index (Phi) is 7.62. The van der Waals surface area contributed by atoms with Crippen LogP contribution >= 0.6 is 22.9 Å². The van der Waals surface area contributed by atoms with E-state index >= 15 is 0 Å². The number of nitrogens with zero attached hydrogens (tertiary/aromatic N) is 4. The number of benzene rings is 1. The average Bonchev–Trinajstić information content (AvgIpc) is 3.36. The highest BCUT2D eigenvalue weighted by molar-refractivity contribution is 7.14. The Hall–Kier alpha value is -3.17. The number of piperidine rings is 1. The van der Waals surface area contributed by atoms with E-state index in [2.05, 4.69) is 27.1 Å². The summed E-state index contributed by atoms with van der Waals surface area (Å²) in [6, 6.07) is 11.2. The molecule has 2 aliphatic rings. The van der Waals surface area contributed by atoms with E-state index in [-0.39, 0.29) is 17.4 Å². The van der Waals surface area contributed by atoms with Crippen molar-refractivity contribution in [2.24, 2.45) is 5.41 Å². The molecule has 0 atom stereocenters. The number of ether oxygens (including phenoxy) is 1. The summed E-state index contributed by atoms with van der Waals surface area (Å²) in [5, 5.41) is 5.81. The van der Waals surface area contributed by atoms with E-state index in [0.29, 0.717) is 22.5 Å². The fraction of sp³-hybridized carbons (Fsp3) is 0.407. The fourth-order valence-electron chi connectivity index (χ4n) is 4.84. The van der Waals surface area contributed by atoms with Gasteiger partial charge in [0.2, 0.25) is 0 Å². The summed E-state index contributed by atoms with van der Waals surface area (Å²) >= 11 is 7.60. The first-order valence-electron chi connectivity index (χ1n) is 12.6. The number of hydrogen-bond donors (Lipinski definition) is 1. The number of likely N-dealkylation sites (tertiary alicyclic amines) is 1. The molecule has 8 nitrogen and oxygen atoms in total. The molecule has 2 aliphatic heterocycles. The van der Waals surface area contributed by atoms with Crippen LogP contribution in [0.4, 0.5) is 15.6 Å².